The second kappa shape index (κ2) is 43.6. The molecule has 0 aromatic rings. The summed E-state index contributed by atoms with van der Waals surface area (Å²) in [5.41, 5.74) is 0. The number of hydrogen-bond acceptors (Lipinski definition) is 13. The number of carbonyl (C=O) groups excluding carboxylic acids is 1. The number of unbranched alkanes of at least 4 members (excludes halogenated alkanes) is 20. The number of aliphatic hydroxyl groups is 8. The number of nitrogens with one attached hydrogen (secondary N) is 1. The van der Waals surface area contributed by atoms with Gasteiger partial charge in [-0.25, -0.2) is 0 Å². The Balaban J connectivity index is 1.72. The van der Waals surface area contributed by atoms with Crippen molar-refractivity contribution in [1.82, 2.24) is 5.32 Å². The number of hydrogen-bond donors (Lipinski definition) is 9. The Labute approximate surface area is 434 Å². The van der Waals surface area contributed by atoms with E-state index in [4.69, 9.17) is 18.9 Å². The van der Waals surface area contributed by atoms with Gasteiger partial charge in [0.05, 0.1) is 32.0 Å². The Kier molecular flexibility index (Phi) is 39.7. The van der Waals surface area contributed by atoms with Crippen LogP contribution in [0.15, 0.2) is 72.9 Å². The van der Waals surface area contributed by atoms with Gasteiger partial charge < -0.3 is 65.1 Å². The van der Waals surface area contributed by atoms with Crippen molar-refractivity contribution in [2.45, 2.75) is 267 Å². The molecule has 2 heterocycles. The number of allylic oxidation sites excluding steroid dienone is 11. The summed E-state index contributed by atoms with van der Waals surface area (Å²) in [5.74, 6) is -0.260. The molecule has 0 aromatic carbocycles. The standard InChI is InChI=1S/C58H101NO13/c1-3-5-7-9-11-13-15-16-17-18-19-20-21-22-23-24-25-26-27-28-29-30-32-34-36-38-40-42-50(63)59-46(47(62)41-39-37-35-33-31-14-12-10-8-6-4-2)45-69-57-55(68)53(66)56(49(44-61)71-57)72-58-54(67)52(65)51(64)48(43-60)70-58/h8,10,15-16,18-19,21-22,31,33,39,41,46-49,51-58,60-62,64-68H,3-7,9,11-14,17,20,23-30,32,34-38,40,42-45H2,1-2H3,(H,59,63)/b10-8+,16-15-,19-18-,22-21-,33-31+,41-39+. The smallest absolute Gasteiger partial charge is 0.220 e. The fourth-order valence-corrected chi connectivity index (χ4v) is 8.75. The summed E-state index contributed by atoms with van der Waals surface area (Å²) in [6, 6.07) is -0.940. The van der Waals surface area contributed by atoms with Gasteiger partial charge in [0.25, 0.3) is 0 Å². The summed E-state index contributed by atoms with van der Waals surface area (Å²) in [6.45, 7) is 2.66. The molecule has 0 bridgehead atoms. The van der Waals surface area contributed by atoms with Crippen LogP contribution in [0.25, 0.3) is 0 Å². The largest absolute Gasteiger partial charge is 0.394 e. The first-order chi connectivity index (χ1) is 35.1. The quantitative estimate of drug-likeness (QED) is 0.0206. The highest BCUT2D eigenvalue weighted by Gasteiger charge is 2.51. The van der Waals surface area contributed by atoms with Crippen LogP contribution in [0.5, 0.6) is 0 Å². The van der Waals surface area contributed by atoms with Crippen molar-refractivity contribution < 1.29 is 64.6 Å². The molecule has 0 saturated carbocycles. The monoisotopic (exact) mass is 1020 g/mol. The summed E-state index contributed by atoms with van der Waals surface area (Å²) in [5, 5.41) is 86.7. The summed E-state index contributed by atoms with van der Waals surface area (Å²) >= 11 is 0. The van der Waals surface area contributed by atoms with Crippen LogP contribution in [-0.2, 0) is 23.7 Å². The summed E-state index contributed by atoms with van der Waals surface area (Å²) < 4.78 is 22.7. The highest BCUT2D eigenvalue weighted by molar-refractivity contribution is 5.76. The van der Waals surface area contributed by atoms with Crippen LogP contribution >= 0.6 is 0 Å². The van der Waals surface area contributed by atoms with Crippen molar-refractivity contribution in [2.24, 2.45) is 0 Å². The molecule has 72 heavy (non-hydrogen) atoms. The fraction of sp³-hybridized carbons (Fsp3) is 0.776. The third-order valence-electron chi connectivity index (χ3n) is 13.3. The zero-order valence-corrected chi connectivity index (χ0v) is 44.4. The third kappa shape index (κ3) is 29.5. The van der Waals surface area contributed by atoms with Gasteiger partial charge >= 0.3 is 0 Å². The molecule has 9 N–H and O–H groups in total. The first-order valence-corrected chi connectivity index (χ1v) is 28.2. The lowest BCUT2D eigenvalue weighted by molar-refractivity contribution is -0.359. The molecule has 14 heteroatoms. The minimum atomic E-state index is -1.79. The Morgan fingerprint density at radius 2 is 0.958 bits per heavy atom. The van der Waals surface area contributed by atoms with Gasteiger partial charge in [0.15, 0.2) is 12.6 Å². The van der Waals surface area contributed by atoms with E-state index in [1.807, 2.05) is 6.08 Å². The first kappa shape index (κ1) is 65.5. The van der Waals surface area contributed by atoms with Gasteiger partial charge in [0.1, 0.15) is 48.8 Å². The first-order valence-electron chi connectivity index (χ1n) is 28.2. The van der Waals surface area contributed by atoms with Gasteiger partial charge in [-0.2, -0.15) is 0 Å². The molecule has 416 valence electrons. The van der Waals surface area contributed by atoms with Crippen LogP contribution in [0.4, 0.5) is 0 Å². The van der Waals surface area contributed by atoms with Gasteiger partial charge in [-0.3, -0.25) is 4.79 Å². The average Bonchev–Trinajstić information content (AvgIpc) is 3.38. The minimum absolute atomic E-state index is 0.260. The molecule has 1 amide bonds. The van der Waals surface area contributed by atoms with Gasteiger partial charge in [-0.15, -0.1) is 0 Å². The molecule has 12 atom stereocenters. The van der Waals surface area contributed by atoms with Crippen molar-refractivity contribution >= 4 is 5.91 Å². The molecule has 2 aliphatic rings. The topological polar surface area (TPSA) is 228 Å². The van der Waals surface area contributed by atoms with E-state index in [0.29, 0.717) is 12.8 Å². The van der Waals surface area contributed by atoms with Crippen molar-refractivity contribution in [1.29, 1.82) is 0 Å². The fourth-order valence-electron chi connectivity index (χ4n) is 8.75. The minimum Gasteiger partial charge on any atom is -0.394 e. The lowest BCUT2D eigenvalue weighted by Gasteiger charge is -2.46. The van der Waals surface area contributed by atoms with Crippen LogP contribution in [-0.4, -0.2) is 140 Å². The Hall–Kier alpha value is -2.57. The molecule has 2 aliphatic heterocycles. The van der Waals surface area contributed by atoms with Crippen molar-refractivity contribution in [3.8, 4) is 0 Å². The SMILES string of the molecule is CCC/C=C/CC/C=C/CC/C=C/C(O)C(COC1OC(CO)C(OC2OC(CO)C(O)C(O)C2O)C(O)C1O)NC(=O)CCCCCCCCCCCCCC/C=C\C/C=C\C/C=C\CCCCCCC. The second-order valence-corrected chi connectivity index (χ2v) is 19.7. The number of ether oxygens (including phenoxy) is 4. The zero-order valence-electron chi connectivity index (χ0n) is 44.4. The Morgan fingerprint density at radius 3 is 1.50 bits per heavy atom. The van der Waals surface area contributed by atoms with Crippen LogP contribution in [0.3, 0.4) is 0 Å². The van der Waals surface area contributed by atoms with E-state index in [-0.39, 0.29) is 18.9 Å². The van der Waals surface area contributed by atoms with Crippen molar-refractivity contribution in [3.05, 3.63) is 72.9 Å². The number of rotatable bonds is 43. The molecule has 2 saturated heterocycles. The zero-order chi connectivity index (χ0) is 52.4. The molecule has 0 aromatic heterocycles. The summed E-state index contributed by atoms with van der Waals surface area (Å²) in [4.78, 5) is 13.2. The molecule has 0 spiro atoms. The van der Waals surface area contributed by atoms with Crippen LogP contribution in [0, 0.1) is 0 Å². The number of amides is 1. The van der Waals surface area contributed by atoms with E-state index in [1.54, 1.807) is 6.08 Å². The predicted molar refractivity (Wildman–Crippen MR) is 286 cm³/mol. The molecular weight excluding hydrogens is 919 g/mol. The van der Waals surface area contributed by atoms with E-state index in [0.717, 1.165) is 70.6 Å². The van der Waals surface area contributed by atoms with E-state index in [2.05, 4.69) is 79.9 Å². The molecule has 2 fully saturated rings. The number of carbonyl (C=O) groups is 1. The van der Waals surface area contributed by atoms with Gasteiger partial charge in [0.2, 0.25) is 5.91 Å². The lowest BCUT2D eigenvalue weighted by Crippen LogP contribution is -2.65. The van der Waals surface area contributed by atoms with E-state index in [9.17, 15) is 45.6 Å². The third-order valence-corrected chi connectivity index (χ3v) is 13.3. The molecule has 0 aliphatic carbocycles. The maximum absolute atomic E-state index is 13.2. The van der Waals surface area contributed by atoms with E-state index >= 15 is 0 Å². The highest BCUT2D eigenvalue weighted by atomic mass is 16.7. The van der Waals surface area contributed by atoms with Gasteiger partial charge in [-0.1, -0.05) is 183 Å². The van der Waals surface area contributed by atoms with E-state index in [1.165, 1.54) is 89.9 Å². The predicted octanol–water partition coefficient (Wildman–Crippen LogP) is 8.77. The maximum atomic E-state index is 13.2. The van der Waals surface area contributed by atoms with Gasteiger partial charge in [0, 0.05) is 6.42 Å². The second-order valence-electron chi connectivity index (χ2n) is 19.7. The average molecular weight is 1020 g/mol. The van der Waals surface area contributed by atoms with Crippen molar-refractivity contribution in [3.63, 3.8) is 0 Å². The Morgan fingerprint density at radius 1 is 0.500 bits per heavy atom. The molecule has 12 unspecified atom stereocenters. The number of aliphatic hydroxyl groups excluding tert-OH is 8. The Bertz CT molecular complexity index is 1480. The highest BCUT2D eigenvalue weighted by Crippen LogP contribution is 2.30. The van der Waals surface area contributed by atoms with Crippen LogP contribution < -0.4 is 5.32 Å². The summed E-state index contributed by atoms with van der Waals surface area (Å²) in [7, 11) is 0. The molecule has 2 rings (SSSR count). The van der Waals surface area contributed by atoms with Crippen molar-refractivity contribution in [2.75, 3.05) is 19.8 Å². The molecular formula is C58H101NO13. The van der Waals surface area contributed by atoms with Crippen LogP contribution in [0.1, 0.15) is 194 Å². The van der Waals surface area contributed by atoms with Crippen LogP contribution in [0.2, 0.25) is 0 Å². The normalized spacial score (nSPS) is 26.1. The van der Waals surface area contributed by atoms with Gasteiger partial charge in [-0.05, 0) is 77.0 Å². The molecule has 14 nitrogen and oxygen atoms in total. The lowest BCUT2D eigenvalue weighted by atomic mass is 9.97. The maximum Gasteiger partial charge on any atom is 0.220 e. The molecule has 0 radical (unpaired) electrons. The summed E-state index contributed by atoms with van der Waals surface area (Å²) in [6.07, 6.45) is 39.6. The van der Waals surface area contributed by atoms with E-state index < -0.39 is 86.8 Å².